The lowest BCUT2D eigenvalue weighted by Gasteiger charge is -1.97. The Labute approximate surface area is 128 Å². The van der Waals surface area contributed by atoms with Crippen LogP contribution in [0.2, 0.25) is 0 Å². The van der Waals surface area contributed by atoms with Gasteiger partial charge in [-0.2, -0.15) is 5.10 Å². The van der Waals surface area contributed by atoms with Gasteiger partial charge in [0, 0.05) is 39.6 Å². The van der Waals surface area contributed by atoms with Crippen molar-refractivity contribution in [2.24, 2.45) is 10.1 Å². The largest absolute Gasteiger partial charge is 0.361 e. The third-order valence-corrected chi connectivity index (χ3v) is 4.55. The van der Waals surface area contributed by atoms with Gasteiger partial charge < -0.3 is 4.98 Å². The lowest BCUT2D eigenvalue weighted by molar-refractivity contribution is 0.805. The fourth-order valence-electron chi connectivity index (χ4n) is 2.02. The van der Waals surface area contributed by atoms with Gasteiger partial charge in [0.1, 0.15) is 0 Å². The summed E-state index contributed by atoms with van der Waals surface area (Å²) in [5.74, 6) is 0. The quantitative estimate of drug-likeness (QED) is 0.689. The summed E-state index contributed by atoms with van der Waals surface area (Å²) in [4.78, 5) is 8.36. The number of H-pyrrole nitrogens is 1. The molecule has 0 aliphatic rings. The maximum Gasteiger partial charge on any atom is 0.205 e. The minimum Gasteiger partial charge on any atom is -0.361 e. The minimum atomic E-state index is 0.889. The van der Waals surface area contributed by atoms with Gasteiger partial charge in [-0.15, -0.1) is 11.3 Å². The zero-order valence-electron chi connectivity index (χ0n) is 11.1. The van der Waals surface area contributed by atoms with E-state index in [2.05, 4.69) is 37.1 Å². The Bertz CT molecular complexity index is 854. The predicted octanol–water partition coefficient (Wildman–Crippen LogP) is 3.51. The second-order valence-electron chi connectivity index (χ2n) is 4.37. The average molecular weight is 349 g/mol. The zero-order valence-corrected chi connectivity index (χ0v) is 13.5. The van der Waals surface area contributed by atoms with Crippen LogP contribution in [0.15, 0.2) is 44.3 Å². The lowest BCUT2D eigenvalue weighted by Crippen LogP contribution is -2.11. The minimum absolute atomic E-state index is 0.889. The molecule has 0 saturated heterocycles. The molecule has 2 heterocycles. The molecule has 4 nitrogen and oxygen atoms in total. The van der Waals surface area contributed by atoms with Crippen molar-refractivity contribution in [2.75, 3.05) is 7.05 Å². The van der Waals surface area contributed by atoms with E-state index in [0.29, 0.717) is 0 Å². The Kier molecular flexibility index (Phi) is 3.58. The first-order valence-corrected chi connectivity index (χ1v) is 7.77. The smallest absolute Gasteiger partial charge is 0.205 e. The van der Waals surface area contributed by atoms with Crippen LogP contribution < -0.4 is 4.80 Å². The molecule has 0 amide bonds. The number of thiazole rings is 1. The number of aromatic amines is 1. The Hall–Kier alpha value is -1.66. The van der Waals surface area contributed by atoms with Gasteiger partial charge in [-0.3, -0.25) is 4.99 Å². The van der Waals surface area contributed by atoms with Gasteiger partial charge in [0.05, 0.1) is 11.9 Å². The number of nitrogens with zero attached hydrogens (tertiary/aromatic N) is 3. The van der Waals surface area contributed by atoms with Crippen molar-refractivity contribution in [3.05, 3.63) is 50.3 Å². The van der Waals surface area contributed by atoms with E-state index in [-0.39, 0.29) is 0 Å². The molecule has 0 aliphatic heterocycles. The van der Waals surface area contributed by atoms with E-state index in [0.717, 1.165) is 31.4 Å². The molecule has 6 heteroatoms. The normalized spacial score (nSPS) is 12.8. The Morgan fingerprint density at radius 2 is 2.25 bits per heavy atom. The van der Waals surface area contributed by atoms with Crippen LogP contribution in [0.5, 0.6) is 0 Å². The zero-order chi connectivity index (χ0) is 14.1. The standard InChI is InChI=1S/C14H13BrN4S/c1-9-8-20-14(16-2)19(9)18-7-10-6-17-13-4-3-11(15)5-12(10)13/h3-8,17H,1-2H3. The van der Waals surface area contributed by atoms with Crippen LogP contribution in [0.4, 0.5) is 0 Å². The molecule has 3 rings (SSSR count). The van der Waals surface area contributed by atoms with Crippen molar-refractivity contribution in [3.8, 4) is 0 Å². The Balaban J connectivity index is 2.07. The molecule has 1 N–H and O–H groups in total. The summed E-state index contributed by atoms with van der Waals surface area (Å²) in [7, 11) is 1.78. The molecule has 3 aromatic rings. The highest BCUT2D eigenvalue weighted by Gasteiger charge is 2.03. The Morgan fingerprint density at radius 3 is 3.05 bits per heavy atom. The third kappa shape index (κ3) is 2.36. The van der Waals surface area contributed by atoms with E-state index >= 15 is 0 Å². The molecule has 0 atom stereocenters. The van der Waals surface area contributed by atoms with Crippen molar-refractivity contribution < 1.29 is 0 Å². The molecule has 102 valence electrons. The maximum absolute atomic E-state index is 4.53. The second-order valence-corrected chi connectivity index (χ2v) is 6.13. The number of fused-ring (bicyclic) bond motifs is 1. The third-order valence-electron chi connectivity index (χ3n) is 3.03. The summed E-state index contributed by atoms with van der Waals surface area (Å²) in [6.07, 6.45) is 3.82. The molecule has 1 aromatic carbocycles. The average Bonchev–Trinajstić information content (AvgIpc) is 3.00. The van der Waals surface area contributed by atoms with Crippen LogP contribution >= 0.6 is 27.3 Å². The van der Waals surface area contributed by atoms with Crippen LogP contribution in [0, 0.1) is 6.92 Å². The molecule has 0 fully saturated rings. The van der Waals surface area contributed by atoms with Crippen LogP contribution in [-0.4, -0.2) is 22.9 Å². The summed E-state index contributed by atoms with van der Waals surface area (Å²) in [6.45, 7) is 2.02. The molecule has 20 heavy (non-hydrogen) atoms. The second kappa shape index (κ2) is 5.38. The van der Waals surface area contributed by atoms with Crippen LogP contribution in [0.25, 0.3) is 10.9 Å². The molecular weight excluding hydrogens is 336 g/mol. The van der Waals surface area contributed by atoms with Gasteiger partial charge in [-0.25, -0.2) is 4.68 Å². The molecular formula is C14H13BrN4S. The van der Waals surface area contributed by atoms with Crippen molar-refractivity contribution in [2.45, 2.75) is 6.92 Å². The molecule has 0 unspecified atom stereocenters. The number of benzene rings is 1. The fraction of sp³-hybridized carbons (Fsp3) is 0.143. The van der Waals surface area contributed by atoms with Gasteiger partial charge in [-0.1, -0.05) is 15.9 Å². The van der Waals surface area contributed by atoms with Crippen LogP contribution in [0.1, 0.15) is 11.3 Å². The number of rotatable bonds is 2. The molecule has 2 aromatic heterocycles. The van der Waals surface area contributed by atoms with Crippen molar-refractivity contribution in [3.63, 3.8) is 0 Å². The van der Waals surface area contributed by atoms with Gasteiger partial charge >= 0.3 is 0 Å². The van der Waals surface area contributed by atoms with Crippen molar-refractivity contribution >= 4 is 44.4 Å². The number of nitrogens with one attached hydrogen (secondary N) is 1. The monoisotopic (exact) mass is 348 g/mol. The van der Waals surface area contributed by atoms with E-state index in [9.17, 15) is 0 Å². The molecule has 0 aliphatic carbocycles. The molecule has 0 bridgehead atoms. The van der Waals surface area contributed by atoms with Gasteiger partial charge in [0.25, 0.3) is 0 Å². The number of hydrogen-bond acceptors (Lipinski definition) is 3. The molecule has 0 saturated carbocycles. The highest BCUT2D eigenvalue weighted by atomic mass is 79.9. The molecule has 0 spiro atoms. The highest BCUT2D eigenvalue weighted by Crippen LogP contribution is 2.21. The van der Waals surface area contributed by atoms with E-state index in [1.165, 1.54) is 0 Å². The number of hydrogen-bond donors (Lipinski definition) is 1. The topological polar surface area (TPSA) is 45.4 Å². The van der Waals surface area contributed by atoms with E-state index < -0.39 is 0 Å². The summed E-state index contributed by atoms with van der Waals surface area (Å²) in [5.41, 5.74) is 3.23. The first-order chi connectivity index (χ1) is 9.69. The van der Waals surface area contributed by atoms with Crippen LogP contribution in [0.3, 0.4) is 0 Å². The number of halogens is 1. The highest BCUT2D eigenvalue weighted by molar-refractivity contribution is 9.10. The van der Waals surface area contributed by atoms with Gasteiger partial charge in [-0.05, 0) is 25.1 Å². The lowest BCUT2D eigenvalue weighted by atomic mass is 10.2. The van der Waals surface area contributed by atoms with E-state index in [1.54, 1.807) is 18.4 Å². The molecule has 0 radical (unpaired) electrons. The van der Waals surface area contributed by atoms with Crippen molar-refractivity contribution in [1.82, 2.24) is 9.66 Å². The fourth-order valence-corrected chi connectivity index (χ4v) is 3.15. The van der Waals surface area contributed by atoms with Gasteiger partial charge in [0.2, 0.25) is 4.80 Å². The first-order valence-electron chi connectivity index (χ1n) is 6.10. The predicted molar refractivity (Wildman–Crippen MR) is 87.5 cm³/mol. The van der Waals surface area contributed by atoms with Crippen LogP contribution in [-0.2, 0) is 0 Å². The maximum atomic E-state index is 4.53. The van der Waals surface area contributed by atoms with Crippen molar-refractivity contribution in [1.29, 1.82) is 0 Å². The summed E-state index contributed by atoms with van der Waals surface area (Å²) >= 11 is 5.09. The summed E-state index contributed by atoms with van der Waals surface area (Å²) in [6, 6.07) is 6.15. The SMILES string of the molecule is CN=c1scc(C)n1N=Cc1c[nH]c2ccc(Br)cc12. The number of aromatic nitrogens is 2. The first kappa shape index (κ1) is 13.3. The summed E-state index contributed by atoms with van der Waals surface area (Å²) < 4.78 is 2.91. The Morgan fingerprint density at radius 1 is 1.40 bits per heavy atom. The van der Waals surface area contributed by atoms with Gasteiger partial charge in [0.15, 0.2) is 0 Å². The number of aryl methyl sites for hydroxylation is 1. The van der Waals surface area contributed by atoms with E-state index in [1.807, 2.05) is 41.5 Å². The van der Waals surface area contributed by atoms with E-state index in [4.69, 9.17) is 0 Å². The summed E-state index contributed by atoms with van der Waals surface area (Å²) in [5, 5.41) is 7.72.